The van der Waals surface area contributed by atoms with Gasteiger partial charge in [-0.05, 0) is 6.42 Å². The summed E-state index contributed by atoms with van der Waals surface area (Å²) in [5, 5.41) is 0. The number of aromatic nitrogens is 4. The lowest BCUT2D eigenvalue weighted by atomic mass is 10.1. The molecule has 4 heterocycles. The van der Waals surface area contributed by atoms with Crippen molar-refractivity contribution in [1.29, 1.82) is 0 Å². The molecular weight excluding hydrogens is 320 g/mol. The summed E-state index contributed by atoms with van der Waals surface area (Å²) in [5.41, 5.74) is 0.332. The molecule has 1 fully saturated rings. The number of carbonyl (C=O) groups is 2. The molecule has 2 aliphatic heterocycles. The third kappa shape index (κ3) is 3.24. The molecule has 1 atom stereocenters. The van der Waals surface area contributed by atoms with E-state index in [1.54, 1.807) is 17.3 Å². The molecule has 2 amide bonds. The summed E-state index contributed by atoms with van der Waals surface area (Å²) in [7, 11) is 0. The molecular formula is C17H20N6O2. The van der Waals surface area contributed by atoms with Gasteiger partial charge in [-0.2, -0.15) is 0 Å². The van der Waals surface area contributed by atoms with Crippen molar-refractivity contribution in [2.75, 3.05) is 19.6 Å². The van der Waals surface area contributed by atoms with E-state index in [0.717, 1.165) is 25.3 Å². The normalized spacial score (nSPS) is 20.5. The van der Waals surface area contributed by atoms with Gasteiger partial charge in [0.05, 0.1) is 12.7 Å². The van der Waals surface area contributed by atoms with E-state index < -0.39 is 0 Å². The second kappa shape index (κ2) is 6.62. The Morgan fingerprint density at radius 3 is 2.88 bits per heavy atom. The molecule has 1 saturated heterocycles. The fourth-order valence-corrected chi connectivity index (χ4v) is 3.59. The summed E-state index contributed by atoms with van der Waals surface area (Å²) in [6.45, 7) is 3.24. The molecule has 25 heavy (non-hydrogen) atoms. The third-order valence-electron chi connectivity index (χ3n) is 4.79. The Morgan fingerprint density at radius 1 is 1.20 bits per heavy atom. The minimum absolute atomic E-state index is 0.151. The van der Waals surface area contributed by atoms with E-state index >= 15 is 0 Å². The van der Waals surface area contributed by atoms with E-state index in [0.29, 0.717) is 31.7 Å². The number of hydrogen-bond donors (Lipinski definition) is 0. The van der Waals surface area contributed by atoms with Gasteiger partial charge in [0.2, 0.25) is 5.91 Å². The van der Waals surface area contributed by atoms with Crippen LogP contribution in [0.1, 0.15) is 29.2 Å². The first kappa shape index (κ1) is 15.7. The molecule has 0 radical (unpaired) electrons. The minimum Gasteiger partial charge on any atom is -0.342 e. The molecule has 8 nitrogen and oxygen atoms in total. The summed E-state index contributed by atoms with van der Waals surface area (Å²) >= 11 is 0. The van der Waals surface area contributed by atoms with E-state index in [2.05, 4.69) is 19.5 Å². The Kier molecular flexibility index (Phi) is 4.17. The van der Waals surface area contributed by atoms with Gasteiger partial charge in [0, 0.05) is 63.3 Å². The van der Waals surface area contributed by atoms with Crippen molar-refractivity contribution in [2.45, 2.75) is 25.9 Å². The number of amides is 2. The molecule has 2 aromatic heterocycles. The van der Waals surface area contributed by atoms with Gasteiger partial charge in [0.1, 0.15) is 11.5 Å². The standard InChI is InChI=1S/C17H20N6O2/c24-16-2-1-6-22(16)10-13-9-21-7-5-20-15(21)12-23(11-13)17(25)14-8-18-3-4-19-14/h3-5,7-8,13H,1-2,6,9-12H2/t13-/m1/s1. The van der Waals surface area contributed by atoms with Gasteiger partial charge in [-0.3, -0.25) is 14.6 Å². The van der Waals surface area contributed by atoms with Crippen LogP contribution in [0.15, 0.2) is 31.0 Å². The van der Waals surface area contributed by atoms with Gasteiger partial charge in [-0.1, -0.05) is 0 Å². The molecule has 130 valence electrons. The zero-order chi connectivity index (χ0) is 17.2. The maximum atomic E-state index is 12.8. The molecule has 2 aliphatic rings. The van der Waals surface area contributed by atoms with Crippen LogP contribution in [0, 0.1) is 5.92 Å². The monoisotopic (exact) mass is 340 g/mol. The first-order chi connectivity index (χ1) is 12.2. The zero-order valence-corrected chi connectivity index (χ0v) is 13.9. The summed E-state index contributed by atoms with van der Waals surface area (Å²) < 4.78 is 2.08. The van der Waals surface area contributed by atoms with Crippen LogP contribution in [0.4, 0.5) is 0 Å². The van der Waals surface area contributed by atoms with Crippen LogP contribution in [0.5, 0.6) is 0 Å². The minimum atomic E-state index is -0.151. The van der Waals surface area contributed by atoms with E-state index in [4.69, 9.17) is 0 Å². The number of rotatable bonds is 3. The molecule has 0 aliphatic carbocycles. The number of imidazole rings is 1. The molecule has 8 heteroatoms. The molecule has 0 bridgehead atoms. The SMILES string of the molecule is O=C1CCCN1C[C@@H]1CN(C(=O)c2cnccn2)Cc2nccn2C1. The van der Waals surface area contributed by atoms with Crippen LogP contribution in [0.3, 0.4) is 0 Å². The van der Waals surface area contributed by atoms with Crippen molar-refractivity contribution in [1.82, 2.24) is 29.3 Å². The summed E-state index contributed by atoms with van der Waals surface area (Å²) in [4.78, 5) is 41.0. The lowest BCUT2D eigenvalue weighted by molar-refractivity contribution is -0.128. The highest BCUT2D eigenvalue weighted by atomic mass is 16.2. The van der Waals surface area contributed by atoms with Crippen LogP contribution in [-0.2, 0) is 17.9 Å². The fraction of sp³-hybridized carbons (Fsp3) is 0.471. The number of nitrogens with zero attached hydrogens (tertiary/aromatic N) is 6. The lowest BCUT2D eigenvalue weighted by Crippen LogP contribution is -2.39. The molecule has 0 saturated carbocycles. The van der Waals surface area contributed by atoms with Gasteiger partial charge in [0.25, 0.3) is 5.91 Å². The highest BCUT2D eigenvalue weighted by Gasteiger charge is 2.30. The topological polar surface area (TPSA) is 84.2 Å². The Labute approximate surface area is 145 Å². The van der Waals surface area contributed by atoms with Crippen LogP contribution < -0.4 is 0 Å². The maximum absolute atomic E-state index is 12.8. The van der Waals surface area contributed by atoms with Gasteiger partial charge < -0.3 is 14.4 Å². The predicted octanol–water partition coefficient (Wildman–Crippen LogP) is 0.568. The van der Waals surface area contributed by atoms with Gasteiger partial charge in [-0.15, -0.1) is 0 Å². The molecule has 0 spiro atoms. The smallest absolute Gasteiger partial charge is 0.274 e. The number of hydrogen-bond acceptors (Lipinski definition) is 5. The van der Waals surface area contributed by atoms with Crippen LogP contribution in [0.25, 0.3) is 0 Å². The van der Waals surface area contributed by atoms with Gasteiger partial charge in [-0.25, -0.2) is 9.97 Å². The fourth-order valence-electron chi connectivity index (χ4n) is 3.59. The highest BCUT2D eigenvalue weighted by molar-refractivity contribution is 5.91. The second-order valence-corrected chi connectivity index (χ2v) is 6.58. The molecule has 0 N–H and O–H groups in total. The first-order valence-electron chi connectivity index (χ1n) is 8.54. The Balaban J connectivity index is 1.57. The van der Waals surface area contributed by atoms with Crippen molar-refractivity contribution in [3.05, 3.63) is 42.5 Å². The van der Waals surface area contributed by atoms with E-state index in [9.17, 15) is 9.59 Å². The van der Waals surface area contributed by atoms with Crippen molar-refractivity contribution in [3.63, 3.8) is 0 Å². The van der Waals surface area contributed by atoms with E-state index in [-0.39, 0.29) is 17.7 Å². The van der Waals surface area contributed by atoms with Crippen molar-refractivity contribution >= 4 is 11.8 Å². The molecule has 0 aromatic carbocycles. The second-order valence-electron chi connectivity index (χ2n) is 6.58. The Bertz CT molecular complexity index is 774. The van der Waals surface area contributed by atoms with Gasteiger partial charge in [0.15, 0.2) is 0 Å². The zero-order valence-electron chi connectivity index (χ0n) is 13.9. The maximum Gasteiger partial charge on any atom is 0.274 e. The van der Waals surface area contributed by atoms with Gasteiger partial charge >= 0.3 is 0 Å². The van der Waals surface area contributed by atoms with Crippen molar-refractivity contribution in [2.24, 2.45) is 5.92 Å². The average Bonchev–Trinajstić information content (AvgIpc) is 3.19. The largest absolute Gasteiger partial charge is 0.342 e. The number of fused-ring (bicyclic) bond motifs is 1. The summed E-state index contributed by atoms with van der Waals surface area (Å²) in [5.74, 6) is 1.08. The first-order valence-corrected chi connectivity index (χ1v) is 8.54. The van der Waals surface area contributed by atoms with Crippen LogP contribution >= 0.6 is 0 Å². The van der Waals surface area contributed by atoms with E-state index in [1.807, 2.05) is 11.1 Å². The third-order valence-corrected chi connectivity index (χ3v) is 4.79. The molecule has 0 unspecified atom stereocenters. The molecule has 4 rings (SSSR count). The predicted molar refractivity (Wildman–Crippen MR) is 88.3 cm³/mol. The molecule has 2 aromatic rings. The Morgan fingerprint density at radius 2 is 2.12 bits per heavy atom. The number of carbonyl (C=O) groups excluding carboxylic acids is 2. The highest BCUT2D eigenvalue weighted by Crippen LogP contribution is 2.20. The van der Waals surface area contributed by atoms with Crippen molar-refractivity contribution in [3.8, 4) is 0 Å². The average molecular weight is 340 g/mol. The summed E-state index contributed by atoms with van der Waals surface area (Å²) in [6.07, 6.45) is 9.79. The van der Waals surface area contributed by atoms with Crippen LogP contribution in [0.2, 0.25) is 0 Å². The Hall–Kier alpha value is -2.77. The lowest BCUT2D eigenvalue weighted by Gasteiger charge is -2.27. The van der Waals surface area contributed by atoms with Crippen LogP contribution in [-0.4, -0.2) is 60.8 Å². The summed E-state index contributed by atoms with van der Waals surface area (Å²) in [6, 6.07) is 0. The van der Waals surface area contributed by atoms with Crippen molar-refractivity contribution < 1.29 is 9.59 Å². The quantitative estimate of drug-likeness (QED) is 0.815. The number of likely N-dealkylation sites (tertiary alicyclic amines) is 1. The van der Waals surface area contributed by atoms with E-state index in [1.165, 1.54) is 12.4 Å².